The van der Waals surface area contributed by atoms with E-state index in [0.717, 1.165) is 5.69 Å². The van der Waals surface area contributed by atoms with E-state index in [9.17, 15) is 9.59 Å². The third-order valence-corrected chi connectivity index (χ3v) is 3.73. The first-order valence-electron chi connectivity index (χ1n) is 6.97. The third kappa shape index (κ3) is 5.26. The molecule has 0 unspecified atom stereocenters. The lowest BCUT2D eigenvalue weighted by molar-refractivity contribution is -0.121. The summed E-state index contributed by atoms with van der Waals surface area (Å²) in [5.41, 5.74) is 6.72. The number of hydrogen-bond acceptors (Lipinski definition) is 6. The second-order valence-electron chi connectivity index (χ2n) is 4.69. The maximum absolute atomic E-state index is 12.0. The van der Waals surface area contributed by atoms with Crippen molar-refractivity contribution in [3.8, 4) is 5.75 Å². The Balaban J connectivity index is 1.71. The molecule has 2 rings (SSSR count). The lowest BCUT2D eigenvalue weighted by Crippen LogP contribution is -2.30. The van der Waals surface area contributed by atoms with Gasteiger partial charge in [-0.1, -0.05) is 6.07 Å². The van der Waals surface area contributed by atoms with Crippen molar-refractivity contribution in [2.24, 2.45) is 0 Å². The Hall–Kier alpha value is -2.61. The number of amides is 2. The van der Waals surface area contributed by atoms with Crippen LogP contribution in [0.5, 0.6) is 5.75 Å². The highest BCUT2D eigenvalue weighted by Gasteiger charge is 2.08. The van der Waals surface area contributed by atoms with Crippen molar-refractivity contribution in [1.29, 1.82) is 0 Å². The van der Waals surface area contributed by atoms with E-state index < -0.39 is 0 Å². The number of carbonyl (C=O) groups excluding carboxylic acids is 2. The van der Waals surface area contributed by atoms with E-state index in [4.69, 9.17) is 10.5 Å². The molecular weight excluding hydrogens is 316 g/mol. The topological polar surface area (TPSA) is 106 Å². The molecule has 0 radical (unpaired) electrons. The number of nitrogens with zero attached hydrogens (tertiary/aromatic N) is 1. The average molecular weight is 334 g/mol. The number of thiazole rings is 1. The first kappa shape index (κ1) is 16.8. The highest BCUT2D eigenvalue weighted by molar-refractivity contribution is 7.13. The predicted molar refractivity (Wildman–Crippen MR) is 88.3 cm³/mol. The zero-order valence-electron chi connectivity index (χ0n) is 12.7. The molecule has 0 atom stereocenters. The molecule has 1 aromatic heterocycles. The lowest BCUT2D eigenvalue weighted by atomic mass is 10.2. The quantitative estimate of drug-likeness (QED) is 0.705. The van der Waals surface area contributed by atoms with Crippen LogP contribution in [-0.2, 0) is 11.3 Å². The maximum atomic E-state index is 12.0. The minimum Gasteiger partial charge on any atom is -0.497 e. The summed E-state index contributed by atoms with van der Waals surface area (Å²) in [4.78, 5) is 27.7. The molecule has 1 heterocycles. The summed E-state index contributed by atoms with van der Waals surface area (Å²) >= 11 is 1.33. The number of nitrogens with one attached hydrogen (secondary N) is 2. The number of nitrogen functional groups attached to an aromatic ring is 1. The molecule has 2 aromatic rings. The van der Waals surface area contributed by atoms with Gasteiger partial charge >= 0.3 is 0 Å². The minimum absolute atomic E-state index is 0.164. The van der Waals surface area contributed by atoms with Crippen LogP contribution in [-0.4, -0.2) is 30.5 Å². The van der Waals surface area contributed by atoms with E-state index in [1.54, 1.807) is 29.6 Å². The van der Waals surface area contributed by atoms with Crippen LogP contribution in [0.1, 0.15) is 22.5 Å². The van der Waals surface area contributed by atoms with Crippen LogP contribution in [0.25, 0.3) is 0 Å². The summed E-state index contributed by atoms with van der Waals surface area (Å²) in [5.74, 6) is 0.199. The van der Waals surface area contributed by atoms with Crippen molar-refractivity contribution in [1.82, 2.24) is 15.6 Å². The number of benzene rings is 1. The molecule has 0 fully saturated rings. The summed E-state index contributed by atoms with van der Waals surface area (Å²) in [7, 11) is 1.54. The fraction of sp³-hybridized carbons (Fsp3) is 0.267. The highest BCUT2D eigenvalue weighted by atomic mass is 32.1. The number of anilines is 1. The molecule has 23 heavy (non-hydrogen) atoms. The van der Waals surface area contributed by atoms with Gasteiger partial charge in [-0.2, -0.15) is 0 Å². The molecule has 0 spiro atoms. The molecule has 0 aliphatic rings. The number of rotatable bonds is 7. The molecule has 1 aromatic carbocycles. The van der Waals surface area contributed by atoms with Gasteiger partial charge in [0.25, 0.3) is 5.91 Å². The smallest absolute Gasteiger partial charge is 0.251 e. The maximum Gasteiger partial charge on any atom is 0.251 e. The van der Waals surface area contributed by atoms with Gasteiger partial charge in [-0.25, -0.2) is 4.98 Å². The first-order chi connectivity index (χ1) is 11.1. The Bertz CT molecular complexity index is 687. The fourth-order valence-electron chi connectivity index (χ4n) is 1.84. The summed E-state index contributed by atoms with van der Waals surface area (Å²) in [6.07, 6.45) is 0.190. The second kappa shape index (κ2) is 8.14. The van der Waals surface area contributed by atoms with Crippen LogP contribution in [0.3, 0.4) is 0 Å². The van der Waals surface area contributed by atoms with Crippen LogP contribution in [0.4, 0.5) is 5.13 Å². The SMILES string of the molecule is COc1cccc(C(=O)NCCC(=O)NCc2csc(N)n2)c1. The van der Waals surface area contributed by atoms with Crippen molar-refractivity contribution in [3.63, 3.8) is 0 Å². The molecule has 0 saturated heterocycles. The van der Waals surface area contributed by atoms with E-state index in [2.05, 4.69) is 15.6 Å². The molecular formula is C15H18N4O3S. The largest absolute Gasteiger partial charge is 0.497 e. The Labute approximate surface area is 137 Å². The van der Waals surface area contributed by atoms with E-state index >= 15 is 0 Å². The van der Waals surface area contributed by atoms with Crippen molar-refractivity contribution in [3.05, 3.63) is 40.9 Å². The third-order valence-electron chi connectivity index (χ3n) is 3.01. The van der Waals surface area contributed by atoms with Gasteiger partial charge in [-0.05, 0) is 18.2 Å². The van der Waals surface area contributed by atoms with Gasteiger partial charge in [0.15, 0.2) is 5.13 Å². The summed E-state index contributed by atoms with van der Waals surface area (Å²) < 4.78 is 5.07. The monoisotopic (exact) mass is 334 g/mol. The van der Waals surface area contributed by atoms with Crippen LogP contribution in [0.2, 0.25) is 0 Å². The Kier molecular flexibility index (Phi) is 5.93. The zero-order valence-corrected chi connectivity index (χ0v) is 13.5. The highest BCUT2D eigenvalue weighted by Crippen LogP contribution is 2.12. The minimum atomic E-state index is -0.246. The van der Waals surface area contributed by atoms with Gasteiger partial charge in [0.1, 0.15) is 5.75 Å². The Morgan fingerprint density at radius 1 is 1.35 bits per heavy atom. The number of hydrogen-bond donors (Lipinski definition) is 3. The molecule has 7 nitrogen and oxygen atoms in total. The van der Waals surface area contributed by atoms with Gasteiger partial charge in [0.05, 0.1) is 19.3 Å². The van der Waals surface area contributed by atoms with Gasteiger partial charge in [-0.15, -0.1) is 11.3 Å². The van der Waals surface area contributed by atoms with Crippen molar-refractivity contribution >= 4 is 28.3 Å². The van der Waals surface area contributed by atoms with Crippen molar-refractivity contribution in [2.45, 2.75) is 13.0 Å². The summed E-state index contributed by atoms with van der Waals surface area (Å²) in [6, 6.07) is 6.82. The summed E-state index contributed by atoms with van der Waals surface area (Å²) in [6.45, 7) is 0.581. The first-order valence-corrected chi connectivity index (χ1v) is 7.85. The molecule has 122 valence electrons. The lowest BCUT2D eigenvalue weighted by Gasteiger charge is -2.07. The van der Waals surface area contributed by atoms with E-state index in [-0.39, 0.29) is 24.8 Å². The van der Waals surface area contributed by atoms with Gasteiger partial charge in [-0.3, -0.25) is 9.59 Å². The molecule has 4 N–H and O–H groups in total. The number of methoxy groups -OCH3 is 1. The van der Waals surface area contributed by atoms with Gasteiger partial charge < -0.3 is 21.1 Å². The predicted octanol–water partition coefficient (Wildman–Crippen LogP) is 1.17. The molecule has 0 bridgehead atoms. The number of nitrogens with two attached hydrogens (primary N) is 1. The van der Waals surface area contributed by atoms with Crippen molar-refractivity contribution < 1.29 is 14.3 Å². The molecule has 2 amide bonds. The van der Waals surface area contributed by atoms with Gasteiger partial charge in [0.2, 0.25) is 5.91 Å². The van der Waals surface area contributed by atoms with Crippen LogP contribution in [0, 0.1) is 0 Å². The van der Waals surface area contributed by atoms with Crippen LogP contribution >= 0.6 is 11.3 Å². The molecule has 8 heteroatoms. The summed E-state index contributed by atoms with van der Waals surface area (Å²) in [5, 5.41) is 7.68. The normalized spacial score (nSPS) is 10.1. The Morgan fingerprint density at radius 3 is 2.87 bits per heavy atom. The zero-order chi connectivity index (χ0) is 16.7. The van der Waals surface area contributed by atoms with Crippen molar-refractivity contribution in [2.75, 3.05) is 19.4 Å². The number of aromatic nitrogens is 1. The van der Waals surface area contributed by atoms with E-state index in [0.29, 0.717) is 23.0 Å². The van der Waals surface area contributed by atoms with E-state index in [1.165, 1.54) is 18.4 Å². The Morgan fingerprint density at radius 2 is 2.17 bits per heavy atom. The second-order valence-corrected chi connectivity index (χ2v) is 5.58. The molecule has 0 aliphatic carbocycles. The number of ether oxygens (including phenoxy) is 1. The standard InChI is InChI=1S/C15H18N4O3S/c1-22-12-4-2-3-10(7-12)14(21)17-6-5-13(20)18-8-11-9-23-15(16)19-11/h2-4,7,9H,5-6,8H2,1H3,(H2,16,19)(H,17,21)(H,18,20). The fourth-order valence-corrected chi connectivity index (χ4v) is 2.40. The van der Waals surface area contributed by atoms with Gasteiger partial charge in [0, 0.05) is 23.9 Å². The van der Waals surface area contributed by atoms with E-state index in [1.807, 2.05) is 0 Å². The number of carbonyl (C=O) groups is 2. The van der Waals surface area contributed by atoms with Crippen LogP contribution < -0.4 is 21.1 Å². The molecule has 0 aliphatic heterocycles. The average Bonchev–Trinajstić information content (AvgIpc) is 2.98. The molecule has 0 saturated carbocycles. The van der Waals surface area contributed by atoms with Crippen LogP contribution in [0.15, 0.2) is 29.6 Å².